The third kappa shape index (κ3) is 5.98. The summed E-state index contributed by atoms with van der Waals surface area (Å²) in [6, 6.07) is 77.6. The molecule has 0 amide bonds. The Balaban J connectivity index is 1.11. The van der Waals surface area contributed by atoms with E-state index in [0.29, 0.717) is 0 Å². The van der Waals surface area contributed by atoms with Gasteiger partial charge in [0.15, 0.2) is 0 Å². The molecule has 0 unspecified atom stereocenters. The second-order valence-electron chi connectivity index (χ2n) is 13.8. The van der Waals surface area contributed by atoms with Crippen molar-refractivity contribution in [2.75, 3.05) is 9.80 Å². The summed E-state index contributed by atoms with van der Waals surface area (Å²) in [5.74, 6) is 0. The van der Waals surface area contributed by atoms with Crippen LogP contribution in [0, 0.1) is 0 Å². The molecule has 0 aliphatic heterocycles. The van der Waals surface area contributed by atoms with Crippen molar-refractivity contribution in [1.82, 2.24) is 0 Å². The monoisotopic (exact) mass is 704 g/mol. The fraction of sp³-hybridized carbons (Fsp3) is 0. The van der Waals surface area contributed by atoms with Crippen molar-refractivity contribution in [2.45, 2.75) is 0 Å². The number of benzene rings is 9. The van der Waals surface area contributed by atoms with Crippen LogP contribution in [0.3, 0.4) is 0 Å². The van der Waals surface area contributed by atoms with Gasteiger partial charge in [0.1, 0.15) is 11.2 Å². The molecule has 0 radical (unpaired) electrons. The highest BCUT2D eigenvalue weighted by Crippen LogP contribution is 2.45. The van der Waals surface area contributed by atoms with Crippen LogP contribution in [0.1, 0.15) is 0 Å². The first-order valence-corrected chi connectivity index (χ1v) is 18.7. The molecule has 55 heavy (non-hydrogen) atoms. The summed E-state index contributed by atoms with van der Waals surface area (Å²) in [7, 11) is 0. The predicted molar refractivity (Wildman–Crippen MR) is 231 cm³/mol. The second kappa shape index (κ2) is 13.9. The van der Waals surface area contributed by atoms with E-state index in [1.807, 2.05) is 12.1 Å². The summed E-state index contributed by atoms with van der Waals surface area (Å²) < 4.78 is 6.36. The van der Waals surface area contributed by atoms with Crippen molar-refractivity contribution < 1.29 is 4.42 Å². The third-order valence-corrected chi connectivity index (χ3v) is 10.4. The number of para-hydroxylation sites is 3. The molecule has 1 heterocycles. The van der Waals surface area contributed by atoms with E-state index >= 15 is 0 Å². The highest BCUT2D eigenvalue weighted by Gasteiger charge is 2.21. The molecule has 0 bridgehead atoms. The maximum absolute atomic E-state index is 6.36. The van der Waals surface area contributed by atoms with E-state index in [1.165, 1.54) is 16.3 Å². The zero-order chi connectivity index (χ0) is 36.6. The van der Waals surface area contributed by atoms with Gasteiger partial charge in [-0.3, -0.25) is 0 Å². The van der Waals surface area contributed by atoms with Crippen molar-refractivity contribution in [3.05, 3.63) is 218 Å². The lowest BCUT2D eigenvalue weighted by Crippen LogP contribution is -2.10. The zero-order valence-corrected chi connectivity index (χ0v) is 30.1. The molecule has 1 aromatic heterocycles. The van der Waals surface area contributed by atoms with Gasteiger partial charge in [0, 0.05) is 33.8 Å². The summed E-state index contributed by atoms with van der Waals surface area (Å²) in [6.45, 7) is 0. The maximum Gasteiger partial charge on any atom is 0.137 e. The summed E-state index contributed by atoms with van der Waals surface area (Å²) in [5.41, 5.74) is 12.9. The number of anilines is 6. The number of nitrogens with zero attached hydrogens (tertiary/aromatic N) is 2. The molecule has 0 N–H and O–H groups in total. The molecule has 9 aromatic carbocycles. The fourth-order valence-corrected chi connectivity index (χ4v) is 7.86. The fourth-order valence-electron chi connectivity index (χ4n) is 7.86. The minimum absolute atomic E-state index is 0.868. The Labute approximate surface area is 320 Å². The Hall–Kier alpha value is -7.36. The van der Waals surface area contributed by atoms with Gasteiger partial charge in [-0.25, -0.2) is 0 Å². The second-order valence-corrected chi connectivity index (χ2v) is 13.8. The summed E-state index contributed by atoms with van der Waals surface area (Å²) >= 11 is 0. The van der Waals surface area contributed by atoms with Gasteiger partial charge < -0.3 is 14.2 Å². The summed E-state index contributed by atoms with van der Waals surface area (Å²) in [5, 5.41) is 4.64. The van der Waals surface area contributed by atoms with Gasteiger partial charge in [0.2, 0.25) is 0 Å². The maximum atomic E-state index is 6.36. The smallest absolute Gasteiger partial charge is 0.137 e. The molecule has 0 saturated heterocycles. The Kier molecular flexibility index (Phi) is 8.16. The first kappa shape index (κ1) is 32.3. The standard InChI is InChI=1S/C52H36N2O/c1-4-16-38(17-5-1)48-36-45(54(42-21-8-3-9-22-42)49-24-14-26-51-52(49)47-23-12-13-25-50(47)55-51)33-34-46(48)39-28-30-43(31-29-39)53(41-19-6-2-7-20-41)44-32-27-37-15-10-11-18-40(37)35-44/h1-36H. The van der Waals surface area contributed by atoms with Gasteiger partial charge in [0.25, 0.3) is 0 Å². The molecule has 3 nitrogen and oxygen atoms in total. The van der Waals surface area contributed by atoms with Crippen molar-refractivity contribution >= 4 is 66.8 Å². The predicted octanol–water partition coefficient (Wildman–Crippen LogP) is 15.0. The van der Waals surface area contributed by atoms with E-state index in [-0.39, 0.29) is 0 Å². The van der Waals surface area contributed by atoms with Crippen molar-refractivity contribution in [2.24, 2.45) is 0 Å². The molecule has 260 valence electrons. The van der Waals surface area contributed by atoms with E-state index in [2.05, 4.69) is 216 Å². The van der Waals surface area contributed by atoms with Gasteiger partial charge in [-0.1, -0.05) is 140 Å². The van der Waals surface area contributed by atoms with Gasteiger partial charge in [-0.15, -0.1) is 0 Å². The number of rotatable bonds is 8. The Bertz CT molecular complexity index is 2920. The average molecular weight is 705 g/mol. The Morgan fingerprint density at radius 2 is 0.855 bits per heavy atom. The van der Waals surface area contributed by atoms with Gasteiger partial charge in [-0.2, -0.15) is 0 Å². The molecule has 0 aliphatic carbocycles. The van der Waals surface area contributed by atoms with Gasteiger partial charge in [0.05, 0.1) is 11.1 Å². The minimum Gasteiger partial charge on any atom is -0.456 e. The lowest BCUT2D eigenvalue weighted by Gasteiger charge is -2.28. The van der Waals surface area contributed by atoms with E-state index in [1.54, 1.807) is 0 Å². The highest BCUT2D eigenvalue weighted by atomic mass is 16.3. The number of fused-ring (bicyclic) bond motifs is 4. The van der Waals surface area contributed by atoms with E-state index in [4.69, 9.17) is 4.42 Å². The lowest BCUT2D eigenvalue weighted by molar-refractivity contribution is 0.669. The quantitative estimate of drug-likeness (QED) is 0.157. The number of furan rings is 1. The van der Waals surface area contributed by atoms with E-state index in [9.17, 15) is 0 Å². The lowest BCUT2D eigenvalue weighted by atomic mass is 9.93. The first-order chi connectivity index (χ1) is 27.3. The van der Waals surface area contributed by atoms with Crippen molar-refractivity contribution in [3.63, 3.8) is 0 Å². The van der Waals surface area contributed by atoms with Crippen LogP contribution in [0.2, 0.25) is 0 Å². The van der Waals surface area contributed by atoms with E-state index in [0.717, 1.165) is 72.8 Å². The first-order valence-electron chi connectivity index (χ1n) is 18.7. The SMILES string of the molecule is c1ccc(-c2cc(N(c3ccccc3)c3cccc4oc5ccccc5c34)ccc2-c2ccc(N(c3ccccc3)c3ccc4ccccc4c3)cc2)cc1. The van der Waals surface area contributed by atoms with Crippen LogP contribution >= 0.6 is 0 Å². The molecule has 3 heteroatoms. The van der Waals surface area contributed by atoms with Crippen molar-refractivity contribution in [1.29, 1.82) is 0 Å². The number of hydrogen-bond acceptors (Lipinski definition) is 3. The van der Waals surface area contributed by atoms with Crippen LogP contribution in [-0.4, -0.2) is 0 Å². The molecule has 0 aliphatic rings. The Morgan fingerprint density at radius 3 is 1.62 bits per heavy atom. The number of hydrogen-bond donors (Lipinski definition) is 0. The average Bonchev–Trinajstić information content (AvgIpc) is 3.65. The van der Waals surface area contributed by atoms with Crippen LogP contribution in [0.4, 0.5) is 34.1 Å². The molecular weight excluding hydrogens is 669 g/mol. The zero-order valence-electron chi connectivity index (χ0n) is 30.1. The molecule has 10 rings (SSSR count). The Morgan fingerprint density at radius 1 is 0.309 bits per heavy atom. The molecule has 0 fully saturated rings. The summed E-state index contributed by atoms with van der Waals surface area (Å²) in [4.78, 5) is 4.68. The third-order valence-electron chi connectivity index (χ3n) is 10.4. The topological polar surface area (TPSA) is 19.6 Å². The van der Waals surface area contributed by atoms with Crippen molar-refractivity contribution in [3.8, 4) is 22.3 Å². The minimum atomic E-state index is 0.868. The molecule has 10 aromatic rings. The largest absolute Gasteiger partial charge is 0.456 e. The van der Waals surface area contributed by atoms with Gasteiger partial charge in [-0.05, 0) is 112 Å². The molecule has 0 atom stereocenters. The van der Waals surface area contributed by atoms with Crippen LogP contribution < -0.4 is 9.80 Å². The highest BCUT2D eigenvalue weighted by molar-refractivity contribution is 6.13. The van der Waals surface area contributed by atoms with E-state index < -0.39 is 0 Å². The summed E-state index contributed by atoms with van der Waals surface area (Å²) in [6.07, 6.45) is 0. The van der Waals surface area contributed by atoms with Gasteiger partial charge >= 0.3 is 0 Å². The molecule has 0 spiro atoms. The normalized spacial score (nSPS) is 11.3. The molecule has 0 saturated carbocycles. The van der Waals surface area contributed by atoms with Crippen LogP contribution in [0.25, 0.3) is 55.0 Å². The van der Waals surface area contributed by atoms with Crippen LogP contribution in [0.15, 0.2) is 223 Å². The van der Waals surface area contributed by atoms with Crippen LogP contribution in [-0.2, 0) is 0 Å². The molecular formula is C52H36N2O. The van der Waals surface area contributed by atoms with Crippen LogP contribution in [0.5, 0.6) is 0 Å².